The number of methoxy groups -OCH3 is 3. The van der Waals surface area contributed by atoms with Crippen molar-refractivity contribution in [2.24, 2.45) is 0 Å². The topological polar surface area (TPSA) is 65.5 Å². The van der Waals surface area contributed by atoms with Crippen LogP contribution in [0.3, 0.4) is 0 Å². The first kappa shape index (κ1) is 22.2. The Morgan fingerprint density at radius 2 is 1.56 bits per heavy atom. The summed E-state index contributed by atoms with van der Waals surface area (Å²) in [4.78, 5) is 8.49. The van der Waals surface area contributed by atoms with Crippen molar-refractivity contribution in [1.82, 2.24) is 9.97 Å². The molecular weight excluding hydrogens is 318 g/mol. The van der Waals surface area contributed by atoms with Crippen molar-refractivity contribution in [3.05, 3.63) is 37.1 Å². The third-order valence-electron chi connectivity index (χ3n) is 2.84. The predicted molar refractivity (Wildman–Crippen MR) is 104 cm³/mol. The fourth-order valence-corrected chi connectivity index (χ4v) is 1.87. The van der Waals surface area contributed by atoms with E-state index in [1.165, 1.54) is 0 Å². The number of nitrogens with zero attached hydrogens (tertiary/aromatic N) is 2. The molecule has 25 heavy (non-hydrogen) atoms. The summed E-state index contributed by atoms with van der Waals surface area (Å²) in [5.74, 6) is 2.29. The van der Waals surface area contributed by atoms with Crippen molar-refractivity contribution in [2.45, 2.75) is 20.8 Å². The van der Waals surface area contributed by atoms with Gasteiger partial charge in [0.05, 0.1) is 27.0 Å². The Kier molecular flexibility index (Phi) is 11.2. The summed E-state index contributed by atoms with van der Waals surface area (Å²) in [6.07, 6.45) is 3.44. The molecule has 6 heteroatoms. The minimum Gasteiger partial charge on any atom is -0.493 e. The van der Waals surface area contributed by atoms with Gasteiger partial charge in [0.2, 0.25) is 11.7 Å². The van der Waals surface area contributed by atoms with Crippen molar-refractivity contribution in [1.29, 1.82) is 0 Å². The van der Waals surface area contributed by atoms with Crippen LogP contribution in [0.15, 0.2) is 37.1 Å². The van der Waals surface area contributed by atoms with E-state index in [9.17, 15) is 0 Å². The second kappa shape index (κ2) is 12.6. The van der Waals surface area contributed by atoms with E-state index in [4.69, 9.17) is 14.2 Å². The number of hydrogen-bond acceptors (Lipinski definition) is 6. The first-order chi connectivity index (χ1) is 12.1. The van der Waals surface area contributed by atoms with E-state index < -0.39 is 0 Å². The van der Waals surface area contributed by atoms with Crippen LogP contribution in [0.2, 0.25) is 0 Å². The zero-order chi connectivity index (χ0) is 19.2. The summed E-state index contributed by atoms with van der Waals surface area (Å²) >= 11 is 0. The predicted octanol–water partition coefficient (Wildman–Crippen LogP) is 4.43. The zero-order valence-electron chi connectivity index (χ0n) is 16.2. The van der Waals surface area contributed by atoms with Gasteiger partial charge in [-0.2, -0.15) is 0 Å². The van der Waals surface area contributed by atoms with Crippen LogP contribution in [0.25, 0.3) is 11.3 Å². The fourth-order valence-electron chi connectivity index (χ4n) is 1.87. The Hall–Kier alpha value is -2.76. The molecular formula is C19H29N3O3. The number of anilines is 1. The van der Waals surface area contributed by atoms with Crippen LogP contribution in [-0.4, -0.2) is 38.3 Å². The number of benzene rings is 1. The molecule has 2 rings (SSSR count). The summed E-state index contributed by atoms with van der Waals surface area (Å²) in [6, 6.07) is 5.52. The summed E-state index contributed by atoms with van der Waals surface area (Å²) < 4.78 is 16.0. The lowest BCUT2D eigenvalue weighted by Crippen LogP contribution is -1.98. The van der Waals surface area contributed by atoms with E-state index >= 15 is 0 Å². The van der Waals surface area contributed by atoms with E-state index in [0.717, 1.165) is 11.3 Å². The van der Waals surface area contributed by atoms with Gasteiger partial charge < -0.3 is 19.5 Å². The standard InChI is InChI=1S/C14H17N3O3.C3H6.C2H6/c1-15-14-16-6-5-10(17-14)9-7-11(18-2)13(20-4)12(8-9)19-3;1-3-2;1-2/h5-8H,1-4H3,(H,15,16,17);3H,1H2,2H3;1-2H3. The molecule has 2 aromatic rings. The third kappa shape index (κ3) is 6.33. The molecule has 0 atom stereocenters. The Balaban J connectivity index is 0.00000104. The molecule has 0 amide bonds. The fraction of sp³-hybridized carbons (Fsp3) is 0.368. The van der Waals surface area contributed by atoms with Crippen LogP contribution in [0, 0.1) is 0 Å². The summed E-state index contributed by atoms with van der Waals surface area (Å²) in [6.45, 7) is 9.25. The quantitative estimate of drug-likeness (QED) is 0.807. The van der Waals surface area contributed by atoms with Gasteiger partial charge in [0.25, 0.3) is 0 Å². The molecule has 0 fully saturated rings. The lowest BCUT2D eigenvalue weighted by Gasteiger charge is -2.14. The minimum atomic E-state index is 0.552. The lowest BCUT2D eigenvalue weighted by atomic mass is 10.1. The van der Waals surface area contributed by atoms with Crippen LogP contribution in [0.1, 0.15) is 20.8 Å². The third-order valence-corrected chi connectivity index (χ3v) is 2.84. The van der Waals surface area contributed by atoms with E-state index in [2.05, 4.69) is 21.9 Å². The number of ether oxygens (including phenoxy) is 3. The van der Waals surface area contributed by atoms with Gasteiger partial charge in [0.15, 0.2) is 11.5 Å². The Bertz CT molecular complexity index is 621. The summed E-state index contributed by atoms with van der Waals surface area (Å²) in [5.41, 5.74) is 1.63. The Morgan fingerprint density at radius 1 is 1.04 bits per heavy atom. The number of hydrogen-bond donors (Lipinski definition) is 1. The molecule has 0 aliphatic rings. The molecule has 0 aliphatic carbocycles. The maximum Gasteiger partial charge on any atom is 0.222 e. The molecule has 0 spiro atoms. The first-order valence-electron chi connectivity index (χ1n) is 8.03. The normalized spacial score (nSPS) is 8.76. The molecule has 1 heterocycles. The van der Waals surface area contributed by atoms with Crippen molar-refractivity contribution in [3.8, 4) is 28.5 Å². The molecule has 1 aromatic carbocycles. The smallest absolute Gasteiger partial charge is 0.222 e. The molecule has 138 valence electrons. The van der Waals surface area contributed by atoms with Crippen LogP contribution in [-0.2, 0) is 0 Å². The van der Waals surface area contributed by atoms with Crippen LogP contribution in [0.4, 0.5) is 5.95 Å². The van der Waals surface area contributed by atoms with E-state index in [-0.39, 0.29) is 0 Å². The van der Waals surface area contributed by atoms with Gasteiger partial charge in [-0.1, -0.05) is 19.9 Å². The summed E-state index contributed by atoms with van der Waals surface area (Å²) in [7, 11) is 6.51. The summed E-state index contributed by atoms with van der Waals surface area (Å²) in [5, 5.41) is 2.91. The molecule has 0 saturated carbocycles. The van der Waals surface area contributed by atoms with Crippen LogP contribution in [0.5, 0.6) is 17.2 Å². The van der Waals surface area contributed by atoms with E-state index in [0.29, 0.717) is 23.2 Å². The van der Waals surface area contributed by atoms with Gasteiger partial charge in [-0.15, -0.1) is 6.58 Å². The molecule has 0 bridgehead atoms. The molecule has 1 aromatic heterocycles. The van der Waals surface area contributed by atoms with Gasteiger partial charge in [0, 0.05) is 18.8 Å². The molecule has 0 saturated heterocycles. The monoisotopic (exact) mass is 347 g/mol. The van der Waals surface area contributed by atoms with Crippen molar-refractivity contribution in [3.63, 3.8) is 0 Å². The zero-order valence-corrected chi connectivity index (χ0v) is 16.2. The highest BCUT2D eigenvalue weighted by atomic mass is 16.5. The highest BCUT2D eigenvalue weighted by Gasteiger charge is 2.14. The maximum atomic E-state index is 5.33. The van der Waals surface area contributed by atoms with Crippen LogP contribution < -0.4 is 19.5 Å². The number of aromatic nitrogens is 2. The molecule has 0 aliphatic heterocycles. The number of rotatable bonds is 5. The first-order valence-corrected chi connectivity index (χ1v) is 8.03. The number of allylic oxidation sites excluding steroid dienone is 1. The van der Waals surface area contributed by atoms with Crippen molar-refractivity contribution >= 4 is 5.95 Å². The SMILES string of the molecule is C=CC.CC.CNc1nccc(-c2cc(OC)c(OC)c(OC)c2)n1. The number of nitrogens with one attached hydrogen (secondary N) is 1. The second-order valence-corrected chi connectivity index (χ2v) is 4.34. The van der Waals surface area contributed by atoms with E-state index in [1.54, 1.807) is 40.6 Å². The molecule has 0 unspecified atom stereocenters. The highest BCUT2D eigenvalue weighted by Crippen LogP contribution is 2.40. The average Bonchev–Trinajstić information content (AvgIpc) is 2.68. The van der Waals surface area contributed by atoms with Crippen molar-refractivity contribution in [2.75, 3.05) is 33.7 Å². The molecule has 0 radical (unpaired) electrons. The lowest BCUT2D eigenvalue weighted by molar-refractivity contribution is 0.324. The van der Waals surface area contributed by atoms with E-state index in [1.807, 2.05) is 39.0 Å². The van der Waals surface area contributed by atoms with Crippen molar-refractivity contribution < 1.29 is 14.2 Å². The molecule has 6 nitrogen and oxygen atoms in total. The van der Waals surface area contributed by atoms with Gasteiger partial charge in [-0.05, 0) is 25.1 Å². The maximum absolute atomic E-state index is 5.33. The van der Waals surface area contributed by atoms with Gasteiger partial charge >= 0.3 is 0 Å². The van der Waals surface area contributed by atoms with Gasteiger partial charge in [0.1, 0.15) is 0 Å². The Labute approximate surface area is 150 Å². The van der Waals surface area contributed by atoms with Crippen LogP contribution >= 0.6 is 0 Å². The average molecular weight is 347 g/mol. The highest BCUT2D eigenvalue weighted by molar-refractivity contribution is 5.69. The molecule has 1 N–H and O–H groups in total. The Morgan fingerprint density at radius 3 is 1.96 bits per heavy atom. The van der Waals surface area contributed by atoms with Gasteiger partial charge in [-0.3, -0.25) is 0 Å². The largest absolute Gasteiger partial charge is 0.493 e. The second-order valence-electron chi connectivity index (χ2n) is 4.34. The van der Waals surface area contributed by atoms with Gasteiger partial charge in [-0.25, -0.2) is 9.97 Å². The minimum absolute atomic E-state index is 0.552.